The van der Waals surface area contributed by atoms with E-state index in [2.05, 4.69) is 36.6 Å². The van der Waals surface area contributed by atoms with E-state index in [0.717, 1.165) is 4.47 Å². The quantitative estimate of drug-likeness (QED) is 0.592. The summed E-state index contributed by atoms with van der Waals surface area (Å²) in [5.41, 5.74) is 1.90. The average Bonchev–Trinajstić information content (AvgIpc) is 2.41. The first kappa shape index (κ1) is 13.4. The van der Waals surface area contributed by atoms with Crippen molar-refractivity contribution in [3.63, 3.8) is 0 Å². The van der Waals surface area contributed by atoms with Crippen molar-refractivity contribution in [2.45, 2.75) is 0 Å². The molecule has 0 aliphatic heterocycles. The van der Waals surface area contributed by atoms with Crippen molar-refractivity contribution in [1.29, 1.82) is 0 Å². The smallest absolute Gasteiger partial charge is 0.259 e. The summed E-state index contributed by atoms with van der Waals surface area (Å²) in [5.74, 6) is 3.75. The van der Waals surface area contributed by atoms with E-state index in [-0.39, 0.29) is 11.4 Å². The fourth-order valence-electron chi connectivity index (χ4n) is 1.35. The molecule has 8 heteroatoms. The maximum atomic E-state index is 13.8. The number of pyridine rings is 2. The highest BCUT2D eigenvalue weighted by Gasteiger charge is 2.16. The summed E-state index contributed by atoms with van der Waals surface area (Å²) >= 11 is 3.22. The summed E-state index contributed by atoms with van der Waals surface area (Å²) in [6, 6.07) is 4.55. The van der Waals surface area contributed by atoms with Gasteiger partial charge >= 0.3 is 0 Å². The van der Waals surface area contributed by atoms with Crippen molar-refractivity contribution in [1.82, 2.24) is 9.97 Å². The van der Waals surface area contributed by atoms with E-state index in [9.17, 15) is 9.18 Å². The van der Waals surface area contributed by atoms with E-state index in [0.29, 0.717) is 5.82 Å². The molecule has 98 valence electrons. The van der Waals surface area contributed by atoms with Gasteiger partial charge in [0.25, 0.3) is 5.91 Å². The molecule has 0 aliphatic carbocycles. The molecule has 4 N–H and O–H groups in total. The number of anilines is 2. The molecule has 0 saturated carbocycles. The highest BCUT2D eigenvalue weighted by atomic mass is 79.9. The second-order valence-electron chi connectivity index (χ2n) is 3.48. The number of hydrogen-bond acceptors (Lipinski definition) is 5. The predicted molar refractivity (Wildman–Crippen MR) is 71.9 cm³/mol. The van der Waals surface area contributed by atoms with Crippen molar-refractivity contribution >= 4 is 33.5 Å². The molecule has 0 aliphatic rings. The van der Waals surface area contributed by atoms with Gasteiger partial charge < -0.3 is 10.7 Å². The fraction of sp³-hybridized carbons (Fsp3) is 0. The van der Waals surface area contributed by atoms with Crippen LogP contribution < -0.4 is 16.6 Å². The summed E-state index contributed by atoms with van der Waals surface area (Å²) in [7, 11) is 0. The zero-order valence-electron chi connectivity index (χ0n) is 9.52. The number of hydrogen-bond donors (Lipinski definition) is 3. The van der Waals surface area contributed by atoms with Crippen LogP contribution in [-0.4, -0.2) is 15.9 Å². The lowest BCUT2D eigenvalue weighted by Gasteiger charge is -2.07. The number of nitrogens with zero attached hydrogens (tertiary/aromatic N) is 2. The van der Waals surface area contributed by atoms with Gasteiger partial charge in [-0.2, -0.15) is 0 Å². The Bertz CT molecular complexity index is 605. The zero-order chi connectivity index (χ0) is 13.8. The van der Waals surface area contributed by atoms with Crippen LogP contribution in [0.4, 0.5) is 16.0 Å². The molecular formula is C11H9BrFN5O. The van der Waals surface area contributed by atoms with Gasteiger partial charge in [-0.25, -0.2) is 20.2 Å². The second kappa shape index (κ2) is 5.72. The number of nitrogens with two attached hydrogens (primary N) is 1. The Morgan fingerprint density at radius 2 is 2.11 bits per heavy atom. The normalized spacial score (nSPS) is 10.1. The Hall–Kier alpha value is -2.06. The van der Waals surface area contributed by atoms with Crippen LogP contribution in [0.1, 0.15) is 10.4 Å². The molecule has 0 unspecified atom stereocenters. The van der Waals surface area contributed by atoms with Crippen LogP contribution in [0.3, 0.4) is 0 Å². The third kappa shape index (κ3) is 3.04. The number of rotatable bonds is 3. The molecule has 2 aromatic heterocycles. The summed E-state index contributed by atoms with van der Waals surface area (Å²) in [4.78, 5) is 19.5. The van der Waals surface area contributed by atoms with Gasteiger partial charge in [0.1, 0.15) is 5.82 Å². The van der Waals surface area contributed by atoms with E-state index >= 15 is 0 Å². The lowest BCUT2D eigenvalue weighted by molar-refractivity contribution is 0.102. The van der Waals surface area contributed by atoms with Crippen molar-refractivity contribution in [3.05, 3.63) is 46.4 Å². The minimum Gasteiger partial charge on any atom is -0.306 e. The van der Waals surface area contributed by atoms with Crippen LogP contribution >= 0.6 is 15.9 Å². The van der Waals surface area contributed by atoms with Crippen LogP contribution in [0.15, 0.2) is 35.1 Å². The number of hydrazine groups is 1. The molecule has 0 fully saturated rings. The van der Waals surface area contributed by atoms with Gasteiger partial charge in [0.2, 0.25) is 0 Å². The van der Waals surface area contributed by atoms with Crippen molar-refractivity contribution < 1.29 is 9.18 Å². The molecule has 0 bridgehead atoms. The Balaban J connectivity index is 2.23. The highest BCUT2D eigenvalue weighted by molar-refractivity contribution is 9.10. The Morgan fingerprint density at radius 1 is 1.32 bits per heavy atom. The number of halogens is 2. The van der Waals surface area contributed by atoms with Crippen molar-refractivity contribution in [3.8, 4) is 0 Å². The van der Waals surface area contributed by atoms with Crippen molar-refractivity contribution in [2.75, 3.05) is 10.7 Å². The maximum Gasteiger partial charge on any atom is 0.259 e. The first-order valence-electron chi connectivity index (χ1n) is 5.16. The van der Waals surface area contributed by atoms with Gasteiger partial charge in [-0.05, 0) is 34.1 Å². The molecule has 0 saturated heterocycles. The summed E-state index contributed by atoms with van der Waals surface area (Å²) in [6.07, 6.45) is 2.80. The van der Waals surface area contributed by atoms with E-state index < -0.39 is 11.7 Å². The first-order valence-corrected chi connectivity index (χ1v) is 5.95. The number of carbonyl (C=O) groups excluding carboxylic acids is 1. The molecule has 0 spiro atoms. The maximum absolute atomic E-state index is 13.8. The molecular weight excluding hydrogens is 317 g/mol. The lowest BCUT2D eigenvalue weighted by atomic mass is 10.2. The van der Waals surface area contributed by atoms with Crippen LogP contribution in [0.2, 0.25) is 0 Å². The third-order valence-corrected chi connectivity index (χ3v) is 2.71. The molecule has 6 nitrogen and oxygen atoms in total. The molecule has 2 aromatic rings. The first-order chi connectivity index (χ1) is 9.11. The van der Waals surface area contributed by atoms with Gasteiger partial charge in [-0.15, -0.1) is 0 Å². The fourth-order valence-corrected chi connectivity index (χ4v) is 1.59. The van der Waals surface area contributed by atoms with Gasteiger partial charge in [0.15, 0.2) is 11.6 Å². The van der Waals surface area contributed by atoms with Crippen LogP contribution in [0.25, 0.3) is 0 Å². The van der Waals surface area contributed by atoms with E-state index in [1.165, 1.54) is 18.5 Å². The van der Waals surface area contributed by atoms with E-state index in [4.69, 9.17) is 5.84 Å². The summed E-state index contributed by atoms with van der Waals surface area (Å²) in [6.45, 7) is 0. The van der Waals surface area contributed by atoms with Gasteiger partial charge in [0, 0.05) is 16.9 Å². The molecule has 0 atom stereocenters. The van der Waals surface area contributed by atoms with E-state index in [1.807, 2.05) is 0 Å². The monoisotopic (exact) mass is 325 g/mol. The lowest BCUT2D eigenvalue weighted by Crippen LogP contribution is -2.18. The standard InChI is InChI=1S/C11H9BrFN5O/c12-6-1-2-8(16-5-6)17-11(19)7-3-4-15-10(18-14)9(7)13/h1-5H,14H2,(H,15,18)(H,16,17,19). The SMILES string of the molecule is NNc1nccc(C(=O)Nc2ccc(Br)cn2)c1F. The number of nitrogen functional groups attached to an aromatic ring is 1. The Labute approximate surface area is 116 Å². The minimum absolute atomic E-state index is 0.173. The number of nitrogens with one attached hydrogen (secondary N) is 2. The van der Waals surface area contributed by atoms with Gasteiger partial charge in [0.05, 0.1) is 5.56 Å². The largest absolute Gasteiger partial charge is 0.306 e. The molecule has 2 rings (SSSR count). The number of carbonyl (C=O) groups is 1. The Kier molecular flexibility index (Phi) is 4.03. The number of amides is 1. The second-order valence-corrected chi connectivity index (χ2v) is 4.40. The highest BCUT2D eigenvalue weighted by Crippen LogP contribution is 2.16. The van der Waals surface area contributed by atoms with E-state index in [1.54, 1.807) is 12.1 Å². The summed E-state index contributed by atoms with van der Waals surface area (Å²) < 4.78 is 14.6. The summed E-state index contributed by atoms with van der Waals surface area (Å²) in [5, 5.41) is 2.47. The molecule has 19 heavy (non-hydrogen) atoms. The minimum atomic E-state index is -0.820. The average molecular weight is 326 g/mol. The topological polar surface area (TPSA) is 92.9 Å². The molecule has 0 radical (unpaired) electrons. The molecule has 1 amide bonds. The van der Waals surface area contributed by atoms with Crippen LogP contribution in [-0.2, 0) is 0 Å². The van der Waals surface area contributed by atoms with Crippen molar-refractivity contribution in [2.24, 2.45) is 5.84 Å². The van der Waals surface area contributed by atoms with Crippen LogP contribution in [0, 0.1) is 5.82 Å². The third-order valence-electron chi connectivity index (χ3n) is 2.24. The number of aromatic nitrogens is 2. The van der Waals surface area contributed by atoms with Crippen LogP contribution in [0.5, 0.6) is 0 Å². The Morgan fingerprint density at radius 3 is 2.74 bits per heavy atom. The predicted octanol–water partition coefficient (Wildman–Crippen LogP) is 1.92. The molecule has 0 aromatic carbocycles. The molecule has 2 heterocycles. The van der Waals surface area contributed by atoms with Gasteiger partial charge in [-0.3, -0.25) is 4.79 Å². The zero-order valence-corrected chi connectivity index (χ0v) is 11.1. The van der Waals surface area contributed by atoms with Gasteiger partial charge in [-0.1, -0.05) is 0 Å².